The molecule has 0 aliphatic carbocycles. The van der Waals surface area contributed by atoms with Crippen LogP contribution in [0.15, 0.2) is 18.2 Å². The maximum Gasteiger partial charge on any atom is 0.319 e. The second kappa shape index (κ2) is 6.09. The van der Waals surface area contributed by atoms with E-state index in [4.69, 9.17) is 27.9 Å². The molecule has 3 N–H and O–H groups in total. The summed E-state index contributed by atoms with van der Waals surface area (Å²) in [6.07, 6.45) is 0. The summed E-state index contributed by atoms with van der Waals surface area (Å²) in [5.41, 5.74) is -0.768. The zero-order valence-corrected chi connectivity index (χ0v) is 12.7. The van der Waals surface area contributed by atoms with Gasteiger partial charge in [0.25, 0.3) is 0 Å². The molecule has 1 saturated heterocycles. The molecule has 0 aromatic heterocycles. The van der Waals surface area contributed by atoms with Crippen molar-refractivity contribution in [2.24, 2.45) is 5.41 Å². The van der Waals surface area contributed by atoms with Gasteiger partial charge in [0, 0.05) is 5.02 Å². The van der Waals surface area contributed by atoms with Gasteiger partial charge in [0.2, 0.25) is 0 Å². The number of carbonyl (C=O) groups is 2. The van der Waals surface area contributed by atoms with Crippen LogP contribution in [0.4, 0.5) is 10.5 Å². The van der Waals surface area contributed by atoms with Crippen molar-refractivity contribution in [3.05, 3.63) is 28.2 Å². The van der Waals surface area contributed by atoms with Crippen LogP contribution in [0, 0.1) is 5.41 Å². The molecule has 1 aromatic carbocycles. The maximum atomic E-state index is 12.0. The predicted molar refractivity (Wildman–Crippen MR) is 79.0 cm³/mol. The zero-order valence-electron chi connectivity index (χ0n) is 11.2. The van der Waals surface area contributed by atoms with E-state index < -0.39 is 23.5 Å². The van der Waals surface area contributed by atoms with Gasteiger partial charge in [-0.15, -0.1) is 0 Å². The first-order chi connectivity index (χ1) is 9.83. The summed E-state index contributed by atoms with van der Waals surface area (Å²) in [5.74, 6) is -1.02. The third-order valence-corrected chi connectivity index (χ3v) is 3.98. The predicted octanol–water partition coefficient (Wildman–Crippen LogP) is 2.60. The fourth-order valence-corrected chi connectivity index (χ4v) is 2.45. The highest BCUT2D eigenvalue weighted by atomic mass is 35.5. The van der Waals surface area contributed by atoms with E-state index in [-0.39, 0.29) is 13.2 Å². The number of hydrogen-bond acceptors (Lipinski definition) is 3. The third kappa shape index (κ3) is 3.40. The summed E-state index contributed by atoms with van der Waals surface area (Å²) in [4.78, 5) is 23.2. The second-order valence-corrected chi connectivity index (χ2v) is 5.86. The first-order valence-corrected chi connectivity index (χ1v) is 6.92. The van der Waals surface area contributed by atoms with Crippen LogP contribution in [0.2, 0.25) is 10.0 Å². The van der Waals surface area contributed by atoms with E-state index >= 15 is 0 Å². The summed E-state index contributed by atoms with van der Waals surface area (Å²) >= 11 is 11.7. The van der Waals surface area contributed by atoms with Crippen LogP contribution in [-0.2, 0) is 9.53 Å². The number of halogens is 2. The van der Waals surface area contributed by atoms with Crippen molar-refractivity contribution in [1.82, 2.24) is 5.32 Å². The Morgan fingerprint density at radius 3 is 2.76 bits per heavy atom. The molecule has 0 spiro atoms. The minimum atomic E-state index is -1.15. The molecule has 6 nitrogen and oxygen atoms in total. The number of amides is 2. The van der Waals surface area contributed by atoms with Gasteiger partial charge in [0.1, 0.15) is 5.41 Å². The molecule has 114 valence electrons. The molecule has 0 bridgehead atoms. The minimum absolute atomic E-state index is 0.0506. The SMILES string of the molecule is CC1(C(=O)O)COCC1NC(=O)Nc1ccc(Cl)cc1Cl. The molecule has 8 heteroatoms. The second-order valence-electron chi connectivity index (χ2n) is 5.01. The van der Waals surface area contributed by atoms with E-state index in [1.807, 2.05) is 0 Å². The molecule has 0 radical (unpaired) electrons. The van der Waals surface area contributed by atoms with Crippen LogP contribution in [0.3, 0.4) is 0 Å². The molecule has 0 saturated carbocycles. The third-order valence-electron chi connectivity index (χ3n) is 3.43. The van der Waals surface area contributed by atoms with Crippen molar-refractivity contribution >= 4 is 40.9 Å². The van der Waals surface area contributed by atoms with Crippen LogP contribution in [0.1, 0.15) is 6.92 Å². The number of hydrogen-bond donors (Lipinski definition) is 3. The molecule has 2 atom stereocenters. The highest BCUT2D eigenvalue weighted by Crippen LogP contribution is 2.29. The van der Waals surface area contributed by atoms with Crippen molar-refractivity contribution < 1.29 is 19.4 Å². The fourth-order valence-electron chi connectivity index (χ4n) is 1.99. The van der Waals surface area contributed by atoms with Gasteiger partial charge < -0.3 is 20.5 Å². The molecule has 1 heterocycles. The Hall–Kier alpha value is -1.50. The van der Waals surface area contributed by atoms with Crippen molar-refractivity contribution in [1.29, 1.82) is 0 Å². The van der Waals surface area contributed by atoms with Gasteiger partial charge in [-0.05, 0) is 25.1 Å². The summed E-state index contributed by atoms with van der Waals surface area (Å²) in [6, 6.07) is 3.47. The maximum absolute atomic E-state index is 12.0. The Kier molecular flexibility index (Phi) is 4.61. The van der Waals surface area contributed by atoms with Gasteiger partial charge in [-0.3, -0.25) is 4.79 Å². The average Bonchev–Trinajstić information content (AvgIpc) is 2.76. The normalized spacial score (nSPS) is 24.6. The molecule has 21 heavy (non-hydrogen) atoms. The average molecular weight is 333 g/mol. The van der Waals surface area contributed by atoms with Crippen LogP contribution < -0.4 is 10.6 Å². The summed E-state index contributed by atoms with van der Waals surface area (Å²) in [5, 5.41) is 15.1. The van der Waals surface area contributed by atoms with Gasteiger partial charge in [0.05, 0.1) is 30.0 Å². The number of aliphatic carboxylic acids is 1. The van der Waals surface area contributed by atoms with Crippen molar-refractivity contribution in [3.63, 3.8) is 0 Å². The van der Waals surface area contributed by atoms with Crippen molar-refractivity contribution in [2.75, 3.05) is 18.5 Å². The smallest absolute Gasteiger partial charge is 0.319 e. The van der Waals surface area contributed by atoms with Gasteiger partial charge >= 0.3 is 12.0 Å². The molecular weight excluding hydrogens is 319 g/mol. The quantitative estimate of drug-likeness (QED) is 0.793. The molecule has 2 unspecified atom stereocenters. The monoisotopic (exact) mass is 332 g/mol. The Balaban J connectivity index is 2.03. The van der Waals surface area contributed by atoms with Crippen LogP contribution >= 0.6 is 23.2 Å². The van der Waals surface area contributed by atoms with E-state index in [1.165, 1.54) is 13.0 Å². The topological polar surface area (TPSA) is 87.7 Å². The van der Waals surface area contributed by atoms with Gasteiger partial charge in [-0.25, -0.2) is 4.79 Å². The molecule has 2 rings (SSSR count). The number of anilines is 1. The molecule has 1 aliphatic heterocycles. The zero-order chi connectivity index (χ0) is 15.6. The lowest BCUT2D eigenvalue weighted by molar-refractivity contribution is -0.148. The first-order valence-electron chi connectivity index (χ1n) is 6.16. The molecule has 1 aliphatic rings. The Bertz CT molecular complexity index is 581. The van der Waals surface area contributed by atoms with Gasteiger partial charge in [0.15, 0.2) is 0 Å². The standard InChI is InChI=1S/C13H14Cl2N2O4/c1-13(11(18)19)6-21-5-10(13)17-12(20)16-9-3-2-7(14)4-8(9)15/h2-4,10H,5-6H2,1H3,(H,18,19)(H2,16,17,20). The van der Waals surface area contributed by atoms with Crippen LogP contribution in [0.5, 0.6) is 0 Å². The van der Waals surface area contributed by atoms with Crippen molar-refractivity contribution in [2.45, 2.75) is 13.0 Å². The largest absolute Gasteiger partial charge is 0.481 e. The number of ether oxygens (including phenoxy) is 1. The number of carboxylic acid groups (broad SMARTS) is 1. The molecule has 1 fully saturated rings. The lowest BCUT2D eigenvalue weighted by Gasteiger charge is -2.25. The van der Waals surface area contributed by atoms with Crippen LogP contribution in [-0.4, -0.2) is 36.4 Å². The lowest BCUT2D eigenvalue weighted by atomic mass is 9.85. The van der Waals surface area contributed by atoms with E-state index in [9.17, 15) is 14.7 Å². The Morgan fingerprint density at radius 2 is 2.14 bits per heavy atom. The molecular formula is C13H14Cl2N2O4. The fraction of sp³-hybridized carbons (Fsp3) is 0.385. The highest BCUT2D eigenvalue weighted by molar-refractivity contribution is 6.36. The van der Waals surface area contributed by atoms with E-state index in [1.54, 1.807) is 12.1 Å². The van der Waals surface area contributed by atoms with Gasteiger partial charge in [-0.1, -0.05) is 23.2 Å². The molecule has 2 amide bonds. The lowest BCUT2D eigenvalue weighted by Crippen LogP contribution is -2.50. The van der Waals surface area contributed by atoms with E-state index in [2.05, 4.69) is 10.6 Å². The summed E-state index contributed by atoms with van der Waals surface area (Å²) in [6.45, 7) is 1.72. The number of carboxylic acids is 1. The summed E-state index contributed by atoms with van der Waals surface area (Å²) in [7, 11) is 0. The molecule has 1 aromatic rings. The first kappa shape index (κ1) is 15.9. The van der Waals surface area contributed by atoms with Crippen molar-refractivity contribution in [3.8, 4) is 0 Å². The van der Waals surface area contributed by atoms with E-state index in [0.717, 1.165) is 0 Å². The Morgan fingerprint density at radius 1 is 1.43 bits per heavy atom. The Labute approximate surface area is 131 Å². The number of nitrogens with one attached hydrogen (secondary N) is 2. The number of rotatable bonds is 3. The number of benzene rings is 1. The van der Waals surface area contributed by atoms with Gasteiger partial charge in [-0.2, -0.15) is 0 Å². The summed E-state index contributed by atoms with van der Waals surface area (Å²) < 4.78 is 5.16. The highest BCUT2D eigenvalue weighted by Gasteiger charge is 2.47. The minimum Gasteiger partial charge on any atom is -0.481 e. The number of urea groups is 1. The van der Waals surface area contributed by atoms with E-state index in [0.29, 0.717) is 15.7 Å². The number of carbonyl (C=O) groups excluding carboxylic acids is 1. The van der Waals surface area contributed by atoms with Crippen LogP contribution in [0.25, 0.3) is 0 Å².